The first-order chi connectivity index (χ1) is 35.7. The molecule has 0 aliphatic carbocycles. The largest absolute Gasteiger partial charge is 0.550 e. The number of halogens is 2. The molecule has 8 aromatic rings. The summed E-state index contributed by atoms with van der Waals surface area (Å²) in [5.41, 5.74) is 21.0. The fourth-order valence-electron chi connectivity index (χ4n) is 7.91. The number of amidine groups is 2. The Morgan fingerprint density at radius 1 is 0.500 bits per heavy atom. The molecule has 0 unspecified atom stereocenters. The van der Waals surface area contributed by atoms with Crippen LogP contribution in [-0.4, -0.2) is 86.8 Å². The van der Waals surface area contributed by atoms with Gasteiger partial charge in [-0.1, -0.05) is 60.7 Å². The van der Waals surface area contributed by atoms with Gasteiger partial charge in [-0.15, -0.1) is 0 Å². The Labute approximate surface area is 440 Å². The van der Waals surface area contributed by atoms with Gasteiger partial charge in [-0.2, -0.15) is 0 Å². The molecule has 8 N–H and O–H groups in total. The van der Waals surface area contributed by atoms with E-state index in [4.69, 9.17) is 42.1 Å². The normalized spacial score (nSPS) is 11.0. The number of hydrogen-bond donors (Lipinski definition) is 6. The second kappa shape index (κ2) is 25.3. The Hall–Kier alpha value is -9.00. The number of nitrogen functional groups attached to an aromatic ring is 2. The quantitative estimate of drug-likeness (QED) is 0.0428. The van der Waals surface area contributed by atoms with Gasteiger partial charge >= 0.3 is 0 Å². The number of fused-ring (bicyclic) bond motifs is 2. The molecule has 18 heteroatoms. The van der Waals surface area contributed by atoms with Crippen LogP contribution in [0.5, 0.6) is 0 Å². The Morgan fingerprint density at radius 3 is 1.13 bits per heavy atom. The van der Waals surface area contributed by atoms with Crippen molar-refractivity contribution in [2.24, 2.45) is 11.5 Å². The van der Waals surface area contributed by atoms with Gasteiger partial charge in [0, 0.05) is 71.1 Å². The van der Waals surface area contributed by atoms with Gasteiger partial charge in [0.25, 0.3) is 11.8 Å². The van der Waals surface area contributed by atoms with E-state index < -0.39 is 11.9 Å². The van der Waals surface area contributed by atoms with Crippen LogP contribution >= 0.6 is 0 Å². The van der Waals surface area contributed by atoms with Crippen LogP contribution in [0.4, 0.5) is 20.2 Å². The third-order valence-electron chi connectivity index (χ3n) is 11.7. The molecule has 0 aliphatic rings. The molecule has 6 aromatic carbocycles. The maximum Gasteiger partial charge on any atom is 0.268 e. The number of rotatable bonds is 14. The number of quaternary nitrogens is 2. The van der Waals surface area contributed by atoms with Crippen LogP contribution in [-0.2, 0) is 35.8 Å². The number of carbonyl (C=O) groups excluding carboxylic acids is 4. The van der Waals surface area contributed by atoms with E-state index in [2.05, 4.69) is 77.2 Å². The molecule has 2 aromatic heterocycles. The number of aromatic nitrogens is 2. The van der Waals surface area contributed by atoms with E-state index in [0.29, 0.717) is 68.4 Å². The van der Waals surface area contributed by atoms with E-state index >= 15 is 0 Å². The highest BCUT2D eigenvalue weighted by molar-refractivity contribution is 6.00. The van der Waals surface area contributed by atoms with Crippen LogP contribution in [0, 0.1) is 22.5 Å². The van der Waals surface area contributed by atoms with Crippen molar-refractivity contribution in [3.8, 4) is 0 Å². The lowest BCUT2D eigenvalue weighted by molar-refractivity contribution is -0.303. The molecule has 0 saturated heterocycles. The van der Waals surface area contributed by atoms with E-state index in [1.165, 1.54) is 35.6 Å². The van der Waals surface area contributed by atoms with Gasteiger partial charge in [0.2, 0.25) is 0 Å². The Morgan fingerprint density at radius 2 is 0.829 bits per heavy atom. The highest BCUT2D eigenvalue weighted by Crippen LogP contribution is 2.26. The van der Waals surface area contributed by atoms with Gasteiger partial charge < -0.3 is 51.0 Å². The molecule has 0 saturated carbocycles. The average molecular weight is 1040 g/mol. The van der Waals surface area contributed by atoms with E-state index in [0.717, 1.165) is 47.1 Å². The number of nitrogens with one attached hydrogen (secondary N) is 4. The highest BCUT2D eigenvalue weighted by Gasteiger charge is 2.20. The molecular formula is C58H64F2N10O6. The number of carbonyl (C=O) groups is 4. The summed E-state index contributed by atoms with van der Waals surface area (Å²) in [7, 11) is 12.6. The number of carboxylic acids is 2. The summed E-state index contributed by atoms with van der Waals surface area (Å²) in [6.45, 7) is 3.48. The number of aliphatic carboxylic acids is 2. The summed E-state index contributed by atoms with van der Waals surface area (Å²) in [6, 6.07) is 43.4. The summed E-state index contributed by atoms with van der Waals surface area (Å²) in [5, 5.41) is 40.5. The van der Waals surface area contributed by atoms with Crippen molar-refractivity contribution in [3.63, 3.8) is 0 Å². The third kappa shape index (κ3) is 16.5. The second-order valence-electron chi connectivity index (χ2n) is 19.6. The number of benzene rings is 6. The lowest BCUT2D eigenvalue weighted by Crippen LogP contribution is -2.34. The first-order valence-electron chi connectivity index (χ1n) is 23.9. The first kappa shape index (κ1) is 57.9. The molecular weight excluding hydrogens is 971 g/mol. The van der Waals surface area contributed by atoms with Gasteiger partial charge in [-0.05, 0) is 121 Å². The Kier molecular flexibility index (Phi) is 19.3. The van der Waals surface area contributed by atoms with Crippen LogP contribution in [0.3, 0.4) is 0 Å². The molecule has 0 atom stereocenters. The van der Waals surface area contributed by atoms with Crippen molar-refractivity contribution >= 4 is 68.6 Å². The van der Waals surface area contributed by atoms with E-state index in [1.807, 2.05) is 69.8 Å². The average Bonchev–Trinajstić information content (AvgIpc) is 3.88. The van der Waals surface area contributed by atoms with Gasteiger partial charge in [0.15, 0.2) is 0 Å². The van der Waals surface area contributed by atoms with Gasteiger partial charge in [-0.3, -0.25) is 29.4 Å². The number of nitrogens with zero attached hydrogens (tertiary/aromatic N) is 4. The highest BCUT2D eigenvalue weighted by atomic mass is 19.1. The molecule has 0 spiro atoms. The third-order valence-corrected chi connectivity index (χ3v) is 11.7. The van der Waals surface area contributed by atoms with E-state index in [9.17, 15) is 18.4 Å². The maximum absolute atomic E-state index is 13.9. The lowest BCUT2D eigenvalue weighted by Gasteiger charge is -2.23. The maximum atomic E-state index is 13.9. The smallest absolute Gasteiger partial charge is 0.268 e. The molecule has 0 radical (unpaired) electrons. The van der Waals surface area contributed by atoms with Crippen molar-refractivity contribution in [3.05, 3.63) is 202 Å². The number of carboxylic acid groups (broad SMARTS) is 2. The van der Waals surface area contributed by atoms with Crippen LogP contribution in [0.15, 0.2) is 146 Å². The predicted molar refractivity (Wildman–Crippen MR) is 293 cm³/mol. The zero-order valence-corrected chi connectivity index (χ0v) is 43.8. The molecule has 8 rings (SSSR count). The minimum atomic E-state index is -1.08. The van der Waals surface area contributed by atoms with Crippen molar-refractivity contribution in [2.75, 3.05) is 42.3 Å². The summed E-state index contributed by atoms with van der Waals surface area (Å²) in [5.74, 6) is -3.39. The van der Waals surface area contributed by atoms with Crippen molar-refractivity contribution in [2.45, 2.75) is 40.0 Å². The zero-order valence-electron chi connectivity index (χ0n) is 43.8. The van der Waals surface area contributed by atoms with Crippen molar-refractivity contribution in [1.82, 2.24) is 28.7 Å². The van der Waals surface area contributed by atoms with Gasteiger partial charge in [-0.25, -0.2) is 8.78 Å². The number of amides is 2. The predicted octanol–water partition coefficient (Wildman–Crippen LogP) is 5.99. The van der Waals surface area contributed by atoms with Crippen LogP contribution in [0.2, 0.25) is 0 Å². The van der Waals surface area contributed by atoms with Crippen molar-refractivity contribution in [1.29, 1.82) is 10.8 Å². The number of hydrogen-bond acceptors (Lipinski definition) is 8. The standard InChI is InChI=1S/2C27H28FN5O.2C2H4O2/c2*1-33(2,3)23-10-7-18(8-11-23)16-31-27(34)25-15-21-14-22(28)9-12-24(21)32(25)17-19-5-4-6-20(13-19)26(29)30;2*1-2(3)4/h2*4-15H,16-17H2,1-3H3,(H3-,29,30,31,34);2*1H3,(H,3,4). The fraction of sp³-hybridized carbons (Fsp3) is 0.207. The topological polar surface area (TPSA) is 248 Å². The van der Waals surface area contributed by atoms with E-state index in [1.54, 1.807) is 36.4 Å². The molecule has 2 heterocycles. The summed E-state index contributed by atoms with van der Waals surface area (Å²) in [4.78, 5) is 44.2. The lowest BCUT2D eigenvalue weighted by atomic mass is 10.1. The molecule has 2 amide bonds. The monoisotopic (exact) mass is 1030 g/mol. The number of nitrogens with two attached hydrogens (primary N) is 2. The van der Waals surface area contributed by atoms with Crippen molar-refractivity contribution < 1.29 is 38.2 Å². The first-order valence-corrected chi connectivity index (χ1v) is 23.9. The minimum Gasteiger partial charge on any atom is -0.550 e. The van der Waals surface area contributed by atoms with Gasteiger partial charge in [0.05, 0.1) is 42.3 Å². The molecule has 0 bridgehead atoms. The van der Waals surface area contributed by atoms with Crippen LogP contribution < -0.4 is 41.3 Å². The Balaban J connectivity index is 0.000000246. The van der Waals surface area contributed by atoms with Crippen LogP contribution in [0.25, 0.3) is 21.8 Å². The summed E-state index contributed by atoms with van der Waals surface area (Å²) < 4.78 is 32.9. The van der Waals surface area contributed by atoms with Gasteiger partial charge in [0.1, 0.15) is 46.1 Å². The molecule has 0 aliphatic heterocycles. The summed E-state index contributed by atoms with van der Waals surface area (Å²) >= 11 is 0. The SMILES string of the molecule is CC(=O)[O-].CC(=O)[O-].C[N+](C)(C)c1ccc(CNC(=O)c2cc3cc(F)ccc3n2Cc2cccc(C(=N)N)c2)cc1.C[N+](C)(C)c1ccc(CNC(=O)c2cc3cc(F)ccc3n2Cc2cccc(C(=N)N)c2)cc1. The summed E-state index contributed by atoms with van der Waals surface area (Å²) in [6.07, 6.45) is 0. The second-order valence-corrected chi connectivity index (χ2v) is 19.6. The zero-order chi connectivity index (χ0) is 56.1. The molecule has 16 nitrogen and oxygen atoms in total. The molecule has 76 heavy (non-hydrogen) atoms. The molecule has 396 valence electrons. The fourth-order valence-corrected chi connectivity index (χ4v) is 7.91. The minimum absolute atomic E-state index is 0.0180. The van der Waals surface area contributed by atoms with Crippen LogP contribution in [0.1, 0.15) is 68.2 Å². The van der Waals surface area contributed by atoms with E-state index in [-0.39, 0.29) is 35.1 Å². The molecule has 0 fully saturated rings. The Bertz CT molecular complexity index is 3160.